The van der Waals surface area contributed by atoms with Gasteiger partial charge in [0.25, 0.3) is 5.91 Å². The maximum atomic E-state index is 12.4. The summed E-state index contributed by atoms with van der Waals surface area (Å²) < 4.78 is 3.95. The molecule has 1 aliphatic rings. The van der Waals surface area contributed by atoms with Crippen LogP contribution in [0.1, 0.15) is 18.9 Å². The smallest absolute Gasteiger partial charge is 0.305 e. The SMILES string of the molecule is CC(=O)NC(Oc1ccc(C=C2SC(=S)N(CCC(=O)O)C2=O)cc1)C(Cl)(Cl)Cl. The highest BCUT2D eigenvalue weighted by Crippen LogP contribution is 2.34. The number of thiocarbonyl (C=S) groups is 1. The van der Waals surface area contributed by atoms with Crippen LogP contribution in [0.15, 0.2) is 29.2 Å². The molecule has 0 radical (unpaired) electrons. The fraction of sp³-hybridized carbons (Fsp3) is 0.294. The van der Waals surface area contributed by atoms with Crippen molar-refractivity contribution in [3.05, 3.63) is 34.7 Å². The van der Waals surface area contributed by atoms with Crippen molar-refractivity contribution in [2.45, 2.75) is 23.4 Å². The van der Waals surface area contributed by atoms with Gasteiger partial charge in [-0.25, -0.2) is 0 Å². The average molecular weight is 498 g/mol. The van der Waals surface area contributed by atoms with Crippen molar-refractivity contribution in [1.82, 2.24) is 10.2 Å². The van der Waals surface area contributed by atoms with Gasteiger partial charge in [0.2, 0.25) is 15.9 Å². The van der Waals surface area contributed by atoms with Gasteiger partial charge < -0.3 is 15.2 Å². The number of carbonyl (C=O) groups is 3. The number of aliphatic carboxylic acids is 1. The van der Waals surface area contributed by atoms with Gasteiger partial charge in [0, 0.05) is 13.5 Å². The van der Waals surface area contributed by atoms with Crippen LogP contribution in [0.25, 0.3) is 6.08 Å². The molecule has 1 heterocycles. The summed E-state index contributed by atoms with van der Waals surface area (Å²) >= 11 is 23.7. The van der Waals surface area contributed by atoms with Crippen molar-refractivity contribution in [2.75, 3.05) is 6.54 Å². The summed E-state index contributed by atoms with van der Waals surface area (Å²) in [5.74, 6) is -1.45. The first-order valence-electron chi connectivity index (χ1n) is 8.05. The third-order valence-corrected chi connectivity index (χ3v) is 5.46. The highest BCUT2D eigenvalue weighted by molar-refractivity contribution is 8.26. The normalized spacial score (nSPS) is 16.8. The number of amides is 2. The summed E-state index contributed by atoms with van der Waals surface area (Å²) in [5.41, 5.74) is 0.682. The lowest BCUT2D eigenvalue weighted by molar-refractivity contribution is -0.137. The first-order valence-corrected chi connectivity index (χ1v) is 10.4. The third-order valence-electron chi connectivity index (χ3n) is 3.49. The Labute approximate surface area is 191 Å². The molecular weight excluding hydrogens is 483 g/mol. The number of halogens is 3. The summed E-state index contributed by atoms with van der Waals surface area (Å²) in [5, 5.41) is 11.2. The highest BCUT2D eigenvalue weighted by atomic mass is 35.6. The van der Waals surface area contributed by atoms with Crippen LogP contribution >= 0.6 is 58.8 Å². The van der Waals surface area contributed by atoms with Crippen molar-refractivity contribution in [1.29, 1.82) is 0 Å². The minimum atomic E-state index is -1.88. The molecule has 2 N–H and O–H groups in total. The summed E-state index contributed by atoms with van der Waals surface area (Å²) in [4.78, 5) is 36.0. The molecule has 2 rings (SSSR count). The van der Waals surface area contributed by atoms with Crippen LogP contribution in [0.4, 0.5) is 0 Å². The number of carbonyl (C=O) groups excluding carboxylic acids is 2. The summed E-state index contributed by atoms with van der Waals surface area (Å²) in [6.45, 7) is 1.29. The zero-order valence-corrected chi connectivity index (χ0v) is 18.8. The second-order valence-corrected chi connectivity index (χ2v) is 9.83. The number of ether oxygens (including phenoxy) is 1. The van der Waals surface area contributed by atoms with Gasteiger partial charge in [-0.15, -0.1) is 0 Å². The molecule has 0 saturated carbocycles. The largest absolute Gasteiger partial charge is 0.481 e. The standard InChI is InChI=1S/C17H15Cl3N2O5S2/c1-9(23)21-15(17(18,19)20)27-11-4-2-10(3-5-11)8-12-14(26)22(16(28)29-12)7-6-13(24)25/h2-5,8,15H,6-7H2,1H3,(H,21,23)(H,24,25). The quantitative estimate of drug-likeness (QED) is 0.257. The molecule has 1 aliphatic heterocycles. The number of hydrogen-bond acceptors (Lipinski definition) is 6. The molecule has 12 heteroatoms. The van der Waals surface area contributed by atoms with Gasteiger partial charge in [0.15, 0.2) is 0 Å². The molecule has 7 nitrogen and oxygen atoms in total. The molecule has 1 aromatic rings. The highest BCUT2D eigenvalue weighted by Gasteiger charge is 2.35. The number of alkyl halides is 3. The number of rotatable bonds is 7. The Morgan fingerprint density at radius 3 is 2.48 bits per heavy atom. The van der Waals surface area contributed by atoms with E-state index in [1.807, 2.05) is 0 Å². The molecule has 0 spiro atoms. The molecule has 1 fully saturated rings. The Hall–Kier alpha value is -1.52. The number of hydrogen-bond donors (Lipinski definition) is 2. The third kappa shape index (κ3) is 7.04. The Morgan fingerprint density at radius 1 is 1.34 bits per heavy atom. The summed E-state index contributed by atoms with van der Waals surface area (Å²) in [6.07, 6.45) is 0.246. The lowest BCUT2D eigenvalue weighted by Crippen LogP contribution is -2.47. The Bertz CT molecular complexity index is 856. The lowest BCUT2D eigenvalue weighted by atomic mass is 10.2. The molecule has 156 valence electrons. The number of nitrogens with one attached hydrogen (secondary N) is 1. The fourth-order valence-electron chi connectivity index (χ4n) is 2.19. The summed E-state index contributed by atoms with van der Waals surface area (Å²) in [6, 6.07) is 6.51. The molecule has 1 aromatic carbocycles. The van der Waals surface area contributed by atoms with Crippen LogP contribution in [-0.2, 0) is 14.4 Å². The van der Waals surface area contributed by atoms with E-state index in [9.17, 15) is 14.4 Å². The molecule has 1 unspecified atom stereocenters. The van der Waals surface area contributed by atoms with E-state index in [-0.39, 0.29) is 18.9 Å². The van der Waals surface area contributed by atoms with E-state index >= 15 is 0 Å². The number of benzene rings is 1. The van der Waals surface area contributed by atoms with Gasteiger partial charge >= 0.3 is 5.97 Å². The number of carboxylic acid groups (broad SMARTS) is 1. The monoisotopic (exact) mass is 496 g/mol. The number of thioether (sulfide) groups is 1. The van der Waals surface area contributed by atoms with E-state index in [1.165, 1.54) is 11.8 Å². The van der Waals surface area contributed by atoms with E-state index in [0.29, 0.717) is 20.5 Å². The van der Waals surface area contributed by atoms with Crippen molar-refractivity contribution >= 4 is 87.0 Å². The topological polar surface area (TPSA) is 95.9 Å². The number of carboxylic acids is 1. The van der Waals surface area contributed by atoms with Gasteiger partial charge in [-0.3, -0.25) is 19.3 Å². The maximum absolute atomic E-state index is 12.4. The first-order chi connectivity index (χ1) is 13.5. The van der Waals surface area contributed by atoms with Crippen LogP contribution < -0.4 is 10.1 Å². The fourth-order valence-corrected chi connectivity index (χ4v) is 3.80. The average Bonchev–Trinajstić information content (AvgIpc) is 2.86. The molecule has 1 atom stereocenters. The summed E-state index contributed by atoms with van der Waals surface area (Å²) in [7, 11) is 0. The molecule has 0 bridgehead atoms. The first kappa shape index (κ1) is 23.8. The van der Waals surface area contributed by atoms with Crippen molar-refractivity contribution in [2.24, 2.45) is 0 Å². The van der Waals surface area contributed by atoms with Crippen molar-refractivity contribution in [3.63, 3.8) is 0 Å². The minimum Gasteiger partial charge on any atom is -0.481 e. The van der Waals surface area contributed by atoms with E-state index in [4.69, 9.17) is 56.9 Å². The Balaban J connectivity index is 2.10. The maximum Gasteiger partial charge on any atom is 0.305 e. The van der Waals surface area contributed by atoms with Crippen molar-refractivity contribution < 1.29 is 24.2 Å². The van der Waals surface area contributed by atoms with Crippen LogP contribution in [0.3, 0.4) is 0 Å². The molecular formula is C17H15Cl3N2O5S2. The van der Waals surface area contributed by atoms with E-state index in [2.05, 4.69) is 5.32 Å². The second-order valence-electron chi connectivity index (χ2n) is 5.79. The predicted octanol–water partition coefficient (Wildman–Crippen LogP) is 3.57. The second kappa shape index (κ2) is 9.99. The molecule has 2 amide bonds. The van der Waals surface area contributed by atoms with E-state index in [0.717, 1.165) is 11.8 Å². The van der Waals surface area contributed by atoms with Crippen LogP contribution in [0.2, 0.25) is 0 Å². The van der Waals surface area contributed by atoms with Crippen LogP contribution in [0.5, 0.6) is 5.75 Å². The van der Waals surface area contributed by atoms with Gasteiger partial charge in [-0.2, -0.15) is 0 Å². The van der Waals surface area contributed by atoms with Crippen molar-refractivity contribution in [3.8, 4) is 5.75 Å². The molecule has 0 aromatic heterocycles. The molecule has 0 aliphatic carbocycles. The minimum absolute atomic E-state index is 0.0195. The van der Waals surface area contributed by atoms with E-state index in [1.54, 1.807) is 30.3 Å². The van der Waals surface area contributed by atoms with Gasteiger partial charge in [-0.1, -0.05) is 70.9 Å². The van der Waals surface area contributed by atoms with Crippen LogP contribution in [0, 0.1) is 0 Å². The van der Waals surface area contributed by atoms with Gasteiger partial charge in [0.1, 0.15) is 10.1 Å². The molecule has 29 heavy (non-hydrogen) atoms. The van der Waals surface area contributed by atoms with Crippen LogP contribution in [-0.4, -0.2) is 48.7 Å². The number of nitrogens with zero attached hydrogens (tertiary/aromatic N) is 1. The Morgan fingerprint density at radius 2 is 1.97 bits per heavy atom. The van der Waals surface area contributed by atoms with Gasteiger partial charge in [-0.05, 0) is 23.8 Å². The lowest BCUT2D eigenvalue weighted by Gasteiger charge is -2.25. The Kier molecular flexibility index (Phi) is 8.18. The molecule has 1 saturated heterocycles. The van der Waals surface area contributed by atoms with Gasteiger partial charge in [0.05, 0.1) is 11.3 Å². The zero-order valence-electron chi connectivity index (χ0n) is 14.9. The zero-order chi connectivity index (χ0) is 21.8. The van der Waals surface area contributed by atoms with E-state index < -0.39 is 21.9 Å². The predicted molar refractivity (Wildman–Crippen MR) is 117 cm³/mol.